The molecule has 4 aliphatic rings. The van der Waals surface area contributed by atoms with Gasteiger partial charge in [0.05, 0.1) is 25.0 Å². The fraction of sp³-hybridized carbons (Fsp3) is 0.469. The monoisotopic (exact) mass is 535 g/mol. The van der Waals surface area contributed by atoms with Crippen LogP contribution in [0.25, 0.3) is 11.3 Å². The molecule has 40 heavy (non-hydrogen) atoms. The molecule has 2 bridgehead atoms. The highest BCUT2D eigenvalue weighted by atomic mass is 16.5. The predicted octanol–water partition coefficient (Wildman–Crippen LogP) is 4.21. The number of methoxy groups -OCH3 is 1. The van der Waals surface area contributed by atoms with Crippen molar-refractivity contribution in [3.8, 4) is 28.8 Å². The van der Waals surface area contributed by atoms with E-state index >= 15 is 0 Å². The van der Waals surface area contributed by atoms with Crippen molar-refractivity contribution in [3.63, 3.8) is 0 Å². The van der Waals surface area contributed by atoms with Crippen molar-refractivity contribution in [1.82, 2.24) is 20.1 Å². The molecule has 8 nitrogen and oxygen atoms in total. The molecular weight excluding hydrogens is 498 g/mol. The molecule has 8 heteroatoms. The van der Waals surface area contributed by atoms with E-state index in [1.165, 1.54) is 44.5 Å². The zero-order chi connectivity index (χ0) is 27.1. The first-order valence-corrected chi connectivity index (χ1v) is 14.6. The molecule has 1 aromatic carbocycles. The van der Waals surface area contributed by atoms with Gasteiger partial charge >= 0.3 is 0 Å². The fourth-order valence-corrected chi connectivity index (χ4v) is 6.91. The Hall–Kier alpha value is -3.83. The number of fused-ring (bicyclic) bond motifs is 2. The number of hydrogen-bond acceptors (Lipinski definition) is 8. The maximum atomic E-state index is 6.38. The summed E-state index contributed by atoms with van der Waals surface area (Å²) in [6.45, 7) is 4.99. The first-order chi connectivity index (χ1) is 19.6. The third-order valence-electron chi connectivity index (χ3n) is 9.44. The predicted molar refractivity (Wildman–Crippen MR) is 158 cm³/mol. The Morgan fingerprint density at radius 3 is 2.52 bits per heavy atom. The van der Waals surface area contributed by atoms with E-state index in [1.54, 1.807) is 7.11 Å². The number of nitrogen functional groups attached to an aromatic ring is 1. The number of likely N-dealkylation sites (tertiary alicyclic amines) is 1. The Bertz CT molecular complexity index is 1430. The first-order valence-electron chi connectivity index (χ1n) is 14.6. The Balaban J connectivity index is 1.05. The summed E-state index contributed by atoms with van der Waals surface area (Å²) >= 11 is 0. The smallest absolute Gasteiger partial charge is 0.169 e. The second-order valence-corrected chi connectivity index (χ2v) is 11.9. The SMILES string of the molecule is COc1ccccc1-c1cc(N2CC3CCC(C2)N3c2ccnc(C#CCN3CCC4(CC3)CC4)c2)c(N)nn1. The molecule has 2 aromatic heterocycles. The number of nitrogens with two attached hydrogens (primary N) is 1. The van der Waals surface area contributed by atoms with Gasteiger partial charge in [-0.2, -0.15) is 0 Å². The van der Waals surface area contributed by atoms with Gasteiger partial charge in [0.15, 0.2) is 5.82 Å². The summed E-state index contributed by atoms with van der Waals surface area (Å²) in [4.78, 5) is 12.0. The van der Waals surface area contributed by atoms with Crippen LogP contribution in [0, 0.1) is 17.3 Å². The van der Waals surface area contributed by atoms with Crippen LogP contribution in [0.1, 0.15) is 44.2 Å². The van der Waals surface area contributed by atoms with Crippen LogP contribution in [0.2, 0.25) is 0 Å². The summed E-state index contributed by atoms with van der Waals surface area (Å²) in [5, 5.41) is 8.71. The number of hydrogen-bond donors (Lipinski definition) is 1. The molecule has 2 atom stereocenters. The standard InChI is InChI=1S/C32H37N7O/c1-40-30-7-3-2-6-27(30)28-20-29(31(33)36-35-28)38-21-25-8-9-26(22-38)39(25)24-10-15-34-23(19-24)5-4-16-37-17-13-32(11-12-32)14-18-37/h2-3,6-7,10,15,19-20,25-26H,8-9,11-14,16-18,21-22H2,1H3,(H2,33,36). The maximum Gasteiger partial charge on any atom is 0.169 e. The minimum Gasteiger partial charge on any atom is -0.496 e. The summed E-state index contributed by atoms with van der Waals surface area (Å²) in [7, 11) is 1.68. The van der Waals surface area contributed by atoms with E-state index in [-0.39, 0.29) is 0 Å². The van der Waals surface area contributed by atoms with Gasteiger partial charge in [-0.25, -0.2) is 4.98 Å². The molecule has 3 aromatic rings. The van der Waals surface area contributed by atoms with Crippen LogP contribution in [0.4, 0.5) is 17.2 Å². The van der Waals surface area contributed by atoms with Crippen LogP contribution >= 0.6 is 0 Å². The number of anilines is 3. The number of aromatic nitrogens is 3. The number of nitrogens with zero attached hydrogens (tertiary/aromatic N) is 6. The lowest BCUT2D eigenvalue weighted by atomic mass is 9.94. The molecular formula is C32H37N7O. The summed E-state index contributed by atoms with van der Waals surface area (Å²) in [6, 6.07) is 15.0. The van der Waals surface area contributed by atoms with Crippen LogP contribution in [-0.4, -0.2) is 72.0 Å². The van der Waals surface area contributed by atoms with E-state index in [2.05, 4.69) is 59.9 Å². The van der Waals surface area contributed by atoms with Crippen LogP contribution in [0.5, 0.6) is 5.75 Å². The van der Waals surface area contributed by atoms with E-state index in [0.717, 1.165) is 60.9 Å². The van der Waals surface area contributed by atoms with Gasteiger partial charge in [-0.3, -0.25) is 4.90 Å². The molecule has 1 aliphatic carbocycles. The molecule has 1 spiro atoms. The summed E-state index contributed by atoms with van der Waals surface area (Å²) in [6.07, 6.45) is 9.79. The van der Waals surface area contributed by atoms with Crippen molar-refractivity contribution < 1.29 is 4.74 Å². The third-order valence-corrected chi connectivity index (χ3v) is 9.44. The number of benzene rings is 1. The Labute approximate surface area is 236 Å². The third kappa shape index (κ3) is 4.84. The van der Waals surface area contributed by atoms with Gasteiger partial charge in [0.25, 0.3) is 0 Å². The zero-order valence-corrected chi connectivity index (χ0v) is 23.2. The normalized spacial score (nSPS) is 23.1. The molecule has 0 radical (unpaired) electrons. The van der Waals surface area contributed by atoms with Crippen LogP contribution in [-0.2, 0) is 0 Å². The van der Waals surface area contributed by atoms with Gasteiger partial charge < -0.3 is 20.3 Å². The minimum absolute atomic E-state index is 0.396. The van der Waals surface area contributed by atoms with Gasteiger partial charge in [0.1, 0.15) is 11.4 Å². The summed E-state index contributed by atoms with van der Waals surface area (Å²) in [5.41, 5.74) is 11.8. The number of para-hydroxylation sites is 1. The van der Waals surface area contributed by atoms with E-state index in [1.807, 2.05) is 30.5 Å². The average Bonchev–Trinajstić information content (AvgIpc) is 3.69. The number of ether oxygens (including phenoxy) is 1. The Morgan fingerprint density at radius 1 is 1.00 bits per heavy atom. The summed E-state index contributed by atoms with van der Waals surface area (Å²) in [5.74, 6) is 7.99. The topological polar surface area (TPSA) is 83.6 Å². The van der Waals surface area contributed by atoms with Crippen molar-refractivity contribution in [2.45, 2.75) is 50.6 Å². The van der Waals surface area contributed by atoms with E-state index < -0.39 is 0 Å². The Morgan fingerprint density at radius 2 is 1.77 bits per heavy atom. The van der Waals surface area contributed by atoms with Crippen molar-refractivity contribution in [3.05, 3.63) is 54.4 Å². The van der Waals surface area contributed by atoms with Crippen molar-refractivity contribution in [2.75, 3.05) is 55.4 Å². The second-order valence-electron chi connectivity index (χ2n) is 11.9. The molecule has 2 unspecified atom stereocenters. The van der Waals surface area contributed by atoms with E-state index in [0.29, 0.717) is 23.3 Å². The highest BCUT2D eigenvalue weighted by molar-refractivity contribution is 5.74. The zero-order valence-electron chi connectivity index (χ0n) is 23.2. The van der Waals surface area contributed by atoms with Crippen LogP contribution < -0.4 is 20.3 Å². The maximum absolute atomic E-state index is 6.38. The van der Waals surface area contributed by atoms with E-state index in [9.17, 15) is 0 Å². The van der Waals surface area contributed by atoms with Gasteiger partial charge in [-0.1, -0.05) is 18.1 Å². The summed E-state index contributed by atoms with van der Waals surface area (Å²) < 4.78 is 5.56. The molecule has 1 saturated carbocycles. The fourth-order valence-electron chi connectivity index (χ4n) is 6.91. The molecule has 2 N–H and O–H groups in total. The number of piperazine rings is 1. The van der Waals surface area contributed by atoms with Crippen LogP contribution in [0.15, 0.2) is 48.7 Å². The molecule has 7 rings (SSSR count). The minimum atomic E-state index is 0.396. The van der Waals surface area contributed by atoms with Gasteiger partial charge in [-0.15, -0.1) is 10.2 Å². The van der Waals surface area contributed by atoms with Gasteiger partial charge in [-0.05, 0) is 93.3 Å². The number of piperidine rings is 1. The Kier molecular flexibility index (Phi) is 6.47. The molecule has 206 valence electrons. The lowest BCUT2D eigenvalue weighted by Crippen LogP contribution is -2.54. The number of rotatable bonds is 5. The van der Waals surface area contributed by atoms with Crippen molar-refractivity contribution in [2.24, 2.45) is 5.41 Å². The van der Waals surface area contributed by atoms with Gasteiger partial charge in [0, 0.05) is 42.6 Å². The lowest BCUT2D eigenvalue weighted by Gasteiger charge is -2.43. The molecule has 5 heterocycles. The lowest BCUT2D eigenvalue weighted by molar-refractivity contribution is 0.190. The average molecular weight is 536 g/mol. The molecule has 4 fully saturated rings. The first kappa shape index (κ1) is 25.2. The highest BCUT2D eigenvalue weighted by Gasteiger charge is 2.44. The van der Waals surface area contributed by atoms with Crippen LogP contribution in [0.3, 0.4) is 0 Å². The molecule has 3 saturated heterocycles. The highest BCUT2D eigenvalue weighted by Crippen LogP contribution is 2.53. The largest absolute Gasteiger partial charge is 0.496 e. The second kappa shape index (κ2) is 10.3. The van der Waals surface area contributed by atoms with E-state index in [4.69, 9.17) is 10.5 Å². The van der Waals surface area contributed by atoms with Gasteiger partial charge in [0.2, 0.25) is 0 Å². The molecule has 3 aliphatic heterocycles. The van der Waals surface area contributed by atoms with Crippen molar-refractivity contribution >= 4 is 17.2 Å². The molecule has 0 amide bonds. The quantitative estimate of drug-likeness (QED) is 0.487. The number of pyridine rings is 1. The van der Waals surface area contributed by atoms with Crippen molar-refractivity contribution in [1.29, 1.82) is 0 Å².